The number of aryl methyl sites for hydroxylation is 1. The number of likely N-dealkylation sites (tertiary alicyclic amines) is 1. The number of rotatable bonds is 4. The summed E-state index contributed by atoms with van der Waals surface area (Å²) >= 11 is 0. The van der Waals surface area contributed by atoms with Gasteiger partial charge in [0.1, 0.15) is 0 Å². The Kier molecular flexibility index (Phi) is 5.66. The summed E-state index contributed by atoms with van der Waals surface area (Å²) in [6.07, 6.45) is 2.08. The third-order valence-corrected chi connectivity index (χ3v) is 6.04. The number of aromatic nitrogens is 2. The molecule has 0 aliphatic carbocycles. The molecule has 1 unspecified atom stereocenters. The van der Waals surface area contributed by atoms with Crippen LogP contribution in [0.4, 0.5) is 0 Å². The minimum absolute atomic E-state index is 0.0112. The van der Waals surface area contributed by atoms with Crippen molar-refractivity contribution in [2.24, 2.45) is 12.5 Å². The Hall–Kier alpha value is -1.96. The van der Waals surface area contributed by atoms with E-state index in [0.29, 0.717) is 12.3 Å². The zero-order chi connectivity index (χ0) is 19.6. The van der Waals surface area contributed by atoms with Gasteiger partial charge in [0.2, 0.25) is 0 Å². The summed E-state index contributed by atoms with van der Waals surface area (Å²) in [6.45, 7) is 6.45. The van der Waals surface area contributed by atoms with Crippen LogP contribution in [0, 0.1) is 5.41 Å². The van der Waals surface area contributed by atoms with Crippen molar-refractivity contribution in [1.82, 2.24) is 19.6 Å². The Morgan fingerprint density at radius 2 is 2.14 bits per heavy atom. The Morgan fingerprint density at radius 3 is 3.00 bits per heavy atom. The van der Waals surface area contributed by atoms with E-state index in [4.69, 9.17) is 9.47 Å². The minimum atomic E-state index is -0.0112. The third-order valence-electron chi connectivity index (χ3n) is 6.04. The fourth-order valence-corrected chi connectivity index (χ4v) is 4.64. The molecule has 0 saturated carbocycles. The maximum atomic E-state index is 13.4. The first kappa shape index (κ1) is 19.4. The lowest BCUT2D eigenvalue weighted by Crippen LogP contribution is -2.52. The molecule has 4 rings (SSSR count). The van der Waals surface area contributed by atoms with Crippen molar-refractivity contribution in [3.05, 3.63) is 30.0 Å². The molecule has 0 N–H and O–H groups in total. The van der Waals surface area contributed by atoms with Crippen LogP contribution in [0.15, 0.2) is 24.3 Å². The van der Waals surface area contributed by atoms with Gasteiger partial charge in [-0.25, -0.2) is 0 Å². The molecular weight excluding hydrogens is 356 g/mol. The Balaban J connectivity index is 1.54. The molecule has 1 aromatic heterocycles. The number of piperidine rings is 1. The summed E-state index contributed by atoms with van der Waals surface area (Å²) in [4.78, 5) is 17.8. The van der Waals surface area contributed by atoms with E-state index in [1.165, 1.54) is 0 Å². The molecule has 7 nitrogen and oxygen atoms in total. The largest absolute Gasteiger partial charge is 0.383 e. The lowest BCUT2D eigenvalue weighted by Gasteiger charge is -2.43. The molecule has 2 aliphatic heterocycles. The van der Waals surface area contributed by atoms with Crippen LogP contribution >= 0.6 is 0 Å². The van der Waals surface area contributed by atoms with Gasteiger partial charge in [-0.1, -0.05) is 18.2 Å². The van der Waals surface area contributed by atoms with E-state index in [1.54, 1.807) is 11.8 Å². The first-order chi connectivity index (χ1) is 13.6. The standard InChI is InChI=1S/C21H30N4O3/c1-23-18-7-4-3-6-17(18)19(22-23)20(26)25-9-5-8-21(15-25)14-24(10-12-27-2)11-13-28-16-21/h3-4,6-7H,5,8-16H2,1-2H3. The number of carbonyl (C=O) groups is 1. The van der Waals surface area contributed by atoms with Crippen LogP contribution in [0.1, 0.15) is 23.3 Å². The number of hydrogen-bond donors (Lipinski definition) is 0. The van der Waals surface area contributed by atoms with E-state index in [1.807, 2.05) is 36.2 Å². The normalized spacial score (nSPS) is 24.0. The van der Waals surface area contributed by atoms with Crippen LogP contribution in [0.2, 0.25) is 0 Å². The van der Waals surface area contributed by atoms with Crippen molar-refractivity contribution in [2.45, 2.75) is 12.8 Å². The molecular formula is C21H30N4O3. The van der Waals surface area contributed by atoms with E-state index in [0.717, 1.165) is 69.7 Å². The number of hydrogen-bond acceptors (Lipinski definition) is 5. The molecule has 2 saturated heterocycles. The second kappa shape index (κ2) is 8.19. The first-order valence-electron chi connectivity index (χ1n) is 10.1. The highest BCUT2D eigenvalue weighted by atomic mass is 16.5. The fourth-order valence-electron chi connectivity index (χ4n) is 4.64. The number of fused-ring (bicyclic) bond motifs is 1. The van der Waals surface area contributed by atoms with E-state index in [2.05, 4.69) is 10.00 Å². The van der Waals surface area contributed by atoms with Crippen molar-refractivity contribution in [3.63, 3.8) is 0 Å². The van der Waals surface area contributed by atoms with Crippen LogP contribution in [0.5, 0.6) is 0 Å². The lowest BCUT2D eigenvalue weighted by molar-refractivity contribution is 0.00602. The Bertz CT molecular complexity index is 836. The minimum Gasteiger partial charge on any atom is -0.383 e. The van der Waals surface area contributed by atoms with Gasteiger partial charge in [-0.15, -0.1) is 0 Å². The molecule has 2 aliphatic rings. The maximum absolute atomic E-state index is 13.4. The highest BCUT2D eigenvalue weighted by Crippen LogP contribution is 2.34. The molecule has 1 amide bonds. The zero-order valence-electron chi connectivity index (χ0n) is 16.9. The number of nitrogens with zero attached hydrogens (tertiary/aromatic N) is 4. The number of para-hydroxylation sites is 1. The second-order valence-electron chi connectivity index (χ2n) is 8.14. The summed E-state index contributed by atoms with van der Waals surface area (Å²) in [6, 6.07) is 7.93. The summed E-state index contributed by atoms with van der Waals surface area (Å²) in [5, 5.41) is 5.46. The van der Waals surface area contributed by atoms with Crippen LogP contribution in [-0.2, 0) is 16.5 Å². The summed E-state index contributed by atoms with van der Waals surface area (Å²) < 4.78 is 13.0. The molecule has 2 aromatic rings. The quantitative estimate of drug-likeness (QED) is 0.802. The van der Waals surface area contributed by atoms with Gasteiger partial charge >= 0.3 is 0 Å². The van der Waals surface area contributed by atoms with Gasteiger partial charge in [0.25, 0.3) is 5.91 Å². The summed E-state index contributed by atoms with van der Waals surface area (Å²) in [7, 11) is 3.63. The molecule has 152 valence electrons. The average molecular weight is 386 g/mol. The van der Waals surface area contributed by atoms with E-state index < -0.39 is 0 Å². The lowest BCUT2D eigenvalue weighted by atomic mass is 9.80. The molecule has 1 aromatic carbocycles. The number of amides is 1. The monoisotopic (exact) mass is 386 g/mol. The van der Waals surface area contributed by atoms with Gasteiger partial charge in [0.05, 0.1) is 25.3 Å². The highest BCUT2D eigenvalue weighted by molar-refractivity contribution is 6.04. The molecule has 28 heavy (non-hydrogen) atoms. The highest BCUT2D eigenvalue weighted by Gasteiger charge is 2.40. The van der Waals surface area contributed by atoms with Gasteiger partial charge in [0, 0.05) is 57.7 Å². The Morgan fingerprint density at radius 1 is 1.29 bits per heavy atom. The van der Waals surface area contributed by atoms with Gasteiger partial charge in [-0.2, -0.15) is 5.10 Å². The van der Waals surface area contributed by atoms with Gasteiger partial charge in [-0.3, -0.25) is 14.4 Å². The molecule has 0 radical (unpaired) electrons. The molecule has 1 spiro atoms. The van der Waals surface area contributed by atoms with Gasteiger partial charge < -0.3 is 14.4 Å². The van der Waals surface area contributed by atoms with Gasteiger partial charge in [-0.05, 0) is 18.9 Å². The van der Waals surface area contributed by atoms with Crippen molar-refractivity contribution in [2.75, 3.05) is 59.7 Å². The predicted octanol–water partition coefficient (Wildman–Crippen LogP) is 1.77. The fraction of sp³-hybridized carbons (Fsp3) is 0.619. The van der Waals surface area contributed by atoms with E-state index in [-0.39, 0.29) is 11.3 Å². The summed E-state index contributed by atoms with van der Waals surface area (Å²) in [5.74, 6) is 0.0311. The topological polar surface area (TPSA) is 59.8 Å². The number of ether oxygens (including phenoxy) is 2. The number of benzene rings is 1. The summed E-state index contributed by atoms with van der Waals surface area (Å²) in [5.41, 5.74) is 1.53. The van der Waals surface area contributed by atoms with Crippen LogP contribution in [0.3, 0.4) is 0 Å². The maximum Gasteiger partial charge on any atom is 0.275 e. The van der Waals surface area contributed by atoms with Crippen LogP contribution in [-0.4, -0.2) is 85.1 Å². The van der Waals surface area contributed by atoms with E-state index >= 15 is 0 Å². The predicted molar refractivity (Wildman–Crippen MR) is 107 cm³/mol. The average Bonchev–Trinajstić information content (AvgIpc) is 2.93. The van der Waals surface area contributed by atoms with Crippen molar-refractivity contribution in [1.29, 1.82) is 0 Å². The number of methoxy groups -OCH3 is 1. The zero-order valence-corrected chi connectivity index (χ0v) is 16.9. The Labute approximate surface area is 166 Å². The number of carbonyl (C=O) groups excluding carboxylic acids is 1. The van der Waals surface area contributed by atoms with Crippen molar-refractivity contribution >= 4 is 16.8 Å². The first-order valence-corrected chi connectivity index (χ1v) is 10.1. The molecule has 7 heteroatoms. The van der Waals surface area contributed by atoms with E-state index in [9.17, 15) is 4.79 Å². The van der Waals surface area contributed by atoms with Crippen molar-refractivity contribution < 1.29 is 14.3 Å². The van der Waals surface area contributed by atoms with Crippen LogP contribution in [0.25, 0.3) is 10.9 Å². The third kappa shape index (κ3) is 3.79. The van der Waals surface area contributed by atoms with Crippen molar-refractivity contribution in [3.8, 4) is 0 Å². The molecule has 1 atom stereocenters. The van der Waals surface area contributed by atoms with Crippen LogP contribution < -0.4 is 0 Å². The SMILES string of the molecule is COCCN1CCOCC2(CCCN(C(=O)c3nn(C)c4ccccc34)C2)C1. The molecule has 2 fully saturated rings. The molecule has 3 heterocycles. The second-order valence-corrected chi connectivity index (χ2v) is 8.14. The smallest absolute Gasteiger partial charge is 0.275 e. The van der Waals surface area contributed by atoms with Gasteiger partial charge in [0.15, 0.2) is 5.69 Å². The molecule has 0 bridgehead atoms.